The van der Waals surface area contributed by atoms with Gasteiger partial charge in [-0.2, -0.15) is 0 Å². The van der Waals surface area contributed by atoms with E-state index in [-0.39, 0.29) is 11.9 Å². The third-order valence-electron chi connectivity index (χ3n) is 2.82. The van der Waals surface area contributed by atoms with Crippen molar-refractivity contribution in [1.29, 1.82) is 0 Å². The highest BCUT2D eigenvalue weighted by atomic mass is 32.2. The van der Waals surface area contributed by atoms with Crippen LogP contribution in [0.25, 0.3) is 6.08 Å². The smallest absolute Gasteiger partial charge is 0.337 e. The molecule has 1 aliphatic heterocycles. The Labute approximate surface area is 121 Å². The fourth-order valence-electron chi connectivity index (χ4n) is 1.73. The fourth-order valence-corrected chi connectivity index (χ4v) is 2.66. The lowest BCUT2D eigenvalue weighted by atomic mass is 10.1. The standard InChI is InChI=1S/C14H14N2O3S/c1-15-14-16(2)12(17)11(20-14)8-9-4-6-10(7-5-9)13(18)19-3/h4-8H,1-3H3/b11-8+,15-14?. The second kappa shape index (κ2) is 5.92. The van der Waals surface area contributed by atoms with Crippen molar-refractivity contribution < 1.29 is 14.3 Å². The van der Waals surface area contributed by atoms with Gasteiger partial charge in [0.1, 0.15) is 0 Å². The minimum absolute atomic E-state index is 0.0763. The van der Waals surface area contributed by atoms with Crippen molar-refractivity contribution in [3.8, 4) is 0 Å². The van der Waals surface area contributed by atoms with Crippen LogP contribution in [0.1, 0.15) is 15.9 Å². The molecule has 2 rings (SSSR count). The Morgan fingerprint density at radius 3 is 2.50 bits per heavy atom. The zero-order chi connectivity index (χ0) is 14.7. The molecule has 1 amide bonds. The zero-order valence-electron chi connectivity index (χ0n) is 11.4. The summed E-state index contributed by atoms with van der Waals surface area (Å²) in [6, 6.07) is 6.88. The Kier molecular flexibility index (Phi) is 4.24. The van der Waals surface area contributed by atoms with Crippen LogP contribution in [-0.2, 0) is 9.53 Å². The summed E-state index contributed by atoms with van der Waals surface area (Å²) in [4.78, 5) is 29.5. The van der Waals surface area contributed by atoms with Crippen molar-refractivity contribution in [3.63, 3.8) is 0 Å². The van der Waals surface area contributed by atoms with Crippen molar-refractivity contribution in [2.45, 2.75) is 0 Å². The van der Waals surface area contributed by atoms with Gasteiger partial charge >= 0.3 is 5.97 Å². The second-order valence-electron chi connectivity index (χ2n) is 4.09. The number of amidine groups is 1. The highest BCUT2D eigenvalue weighted by Crippen LogP contribution is 2.31. The molecule has 0 radical (unpaired) electrons. The quantitative estimate of drug-likeness (QED) is 0.617. The first-order valence-corrected chi connectivity index (χ1v) is 6.71. The Morgan fingerprint density at radius 1 is 1.35 bits per heavy atom. The summed E-state index contributed by atoms with van der Waals surface area (Å²) < 4.78 is 4.63. The number of methoxy groups -OCH3 is 1. The Morgan fingerprint density at radius 2 is 2.00 bits per heavy atom. The van der Waals surface area contributed by atoms with Gasteiger partial charge in [-0.3, -0.25) is 14.7 Å². The highest BCUT2D eigenvalue weighted by Gasteiger charge is 2.29. The first-order chi connectivity index (χ1) is 9.56. The minimum atomic E-state index is -0.379. The van der Waals surface area contributed by atoms with E-state index in [4.69, 9.17) is 0 Å². The first-order valence-electron chi connectivity index (χ1n) is 5.89. The average Bonchev–Trinajstić information content (AvgIpc) is 2.75. The van der Waals surface area contributed by atoms with Gasteiger partial charge in [-0.05, 0) is 35.5 Å². The highest BCUT2D eigenvalue weighted by molar-refractivity contribution is 8.18. The van der Waals surface area contributed by atoms with Gasteiger partial charge in [0, 0.05) is 14.1 Å². The van der Waals surface area contributed by atoms with Gasteiger partial charge in [0.2, 0.25) is 0 Å². The first kappa shape index (κ1) is 14.3. The van der Waals surface area contributed by atoms with E-state index in [9.17, 15) is 9.59 Å². The molecule has 5 nitrogen and oxygen atoms in total. The normalized spacial score (nSPS) is 18.9. The molecule has 1 aromatic carbocycles. The Bertz CT molecular complexity index is 605. The summed E-state index contributed by atoms with van der Waals surface area (Å²) in [7, 11) is 4.69. The maximum atomic E-state index is 12.0. The van der Waals surface area contributed by atoms with Crippen molar-refractivity contribution in [3.05, 3.63) is 40.3 Å². The number of hydrogen-bond donors (Lipinski definition) is 0. The number of thioether (sulfide) groups is 1. The number of esters is 1. The number of aliphatic imine (C=N–C) groups is 1. The predicted octanol–water partition coefficient (Wildman–Crippen LogP) is 2.01. The molecule has 1 aliphatic rings. The van der Waals surface area contributed by atoms with Crippen molar-refractivity contribution in [2.75, 3.05) is 21.2 Å². The molecule has 0 unspecified atom stereocenters. The molecule has 1 heterocycles. The van der Waals surface area contributed by atoms with E-state index in [1.165, 1.54) is 23.8 Å². The topological polar surface area (TPSA) is 59.0 Å². The van der Waals surface area contributed by atoms with E-state index in [1.807, 2.05) is 0 Å². The molecular weight excluding hydrogens is 276 g/mol. The van der Waals surface area contributed by atoms with E-state index in [1.54, 1.807) is 44.4 Å². The minimum Gasteiger partial charge on any atom is -0.465 e. The van der Waals surface area contributed by atoms with Gasteiger partial charge in [-0.1, -0.05) is 12.1 Å². The summed E-state index contributed by atoms with van der Waals surface area (Å²) in [5.41, 5.74) is 1.33. The molecule has 0 spiro atoms. The van der Waals surface area contributed by atoms with Gasteiger partial charge in [-0.25, -0.2) is 4.79 Å². The van der Waals surface area contributed by atoms with Gasteiger partial charge in [0.25, 0.3) is 5.91 Å². The summed E-state index contributed by atoms with van der Waals surface area (Å²) in [5.74, 6) is -0.455. The molecular formula is C14H14N2O3S. The van der Waals surface area contributed by atoms with E-state index in [0.717, 1.165) is 5.56 Å². The SMILES string of the molecule is CN=C1S/C(=C/c2ccc(C(=O)OC)cc2)C(=O)N1C. The molecule has 0 bridgehead atoms. The maximum Gasteiger partial charge on any atom is 0.337 e. The molecule has 1 saturated heterocycles. The molecule has 0 aromatic heterocycles. The summed E-state index contributed by atoms with van der Waals surface area (Å²) in [6.45, 7) is 0. The van der Waals surface area contributed by atoms with Crippen LogP contribution in [0.15, 0.2) is 34.2 Å². The molecule has 104 valence electrons. The number of hydrogen-bond acceptors (Lipinski definition) is 5. The monoisotopic (exact) mass is 290 g/mol. The lowest BCUT2D eigenvalue weighted by Gasteiger charge is -2.05. The third kappa shape index (κ3) is 2.75. The van der Waals surface area contributed by atoms with E-state index in [0.29, 0.717) is 15.6 Å². The number of carbonyl (C=O) groups excluding carboxylic acids is 2. The molecule has 20 heavy (non-hydrogen) atoms. The number of ether oxygens (including phenoxy) is 1. The summed E-state index contributed by atoms with van der Waals surface area (Å²) in [6.07, 6.45) is 1.78. The van der Waals surface area contributed by atoms with Crippen LogP contribution in [0.2, 0.25) is 0 Å². The zero-order valence-corrected chi connectivity index (χ0v) is 12.2. The van der Waals surface area contributed by atoms with Gasteiger partial charge < -0.3 is 4.74 Å². The van der Waals surface area contributed by atoms with Crippen LogP contribution in [0.3, 0.4) is 0 Å². The lowest BCUT2D eigenvalue weighted by Crippen LogP contribution is -2.23. The fraction of sp³-hybridized carbons (Fsp3) is 0.214. The number of rotatable bonds is 2. The maximum absolute atomic E-state index is 12.0. The van der Waals surface area contributed by atoms with Crippen LogP contribution < -0.4 is 0 Å². The van der Waals surface area contributed by atoms with E-state index < -0.39 is 0 Å². The number of carbonyl (C=O) groups is 2. The van der Waals surface area contributed by atoms with Crippen LogP contribution in [0.4, 0.5) is 0 Å². The van der Waals surface area contributed by atoms with Crippen LogP contribution in [0, 0.1) is 0 Å². The van der Waals surface area contributed by atoms with E-state index >= 15 is 0 Å². The number of amides is 1. The Balaban J connectivity index is 2.24. The van der Waals surface area contributed by atoms with Gasteiger partial charge in [0.15, 0.2) is 5.17 Å². The largest absolute Gasteiger partial charge is 0.465 e. The summed E-state index contributed by atoms with van der Waals surface area (Å²) in [5, 5.41) is 0.674. The lowest BCUT2D eigenvalue weighted by molar-refractivity contribution is -0.121. The van der Waals surface area contributed by atoms with Crippen LogP contribution in [0.5, 0.6) is 0 Å². The molecule has 0 aliphatic carbocycles. The van der Waals surface area contributed by atoms with E-state index in [2.05, 4.69) is 9.73 Å². The van der Waals surface area contributed by atoms with Gasteiger partial charge in [-0.15, -0.1) is 0 Å². The molecule has 1 aromatic rings. The van der Waals surface area contributed by atoms with Crippen molar-refractivity contribution >= 4 is 34.9 Å². The number of likely N-dealkylation sites (N-methyl/N-ethyl adjacent to an activating group) is 1. The second-order valence-corrected chi connectivity index (χ2v) is 5.10. The summed E-state index contributed by atoms with van der Waals surface area (Å²) >= 11 is 1.33. The van der Waals surface area contributed by atoms with Crippen molar-refractivity contribution in [2.24, 2.45) is 4.99 Å². The Hall–Kier alpha value is -2.08. The molecule has 0 N–H and O–H groups in total. The number of benzene rings is 1. The van der Waals surface area contributed by atoms with Gasteiger partial charge in [0.05, 0.1) is 17.6 Å². The third-order valence-corrected chi connectivity index (χ3v) is 3.98. The van der Waals surface area contributed by atoms with Crippen LogP contribution >= 0.6 is 11.8 Å². The molecule has 0 saturated carbocycles. The molecule has 0 atom stereocenters. The van der Waals surface area contributed by atoms with Crippen molar-refractivity contribution in [1.82, 2.24) is 4.90 Å². The predicted molar refractivity (Wildman–Crippen MR) is 79.5 cm³/mol. The molecule has 1 fully saturated rings. The number of nitrogens with zero attached hydrogens (tertiary/aromatic N) is 2. The average molecular weight is 290 g/mol. The molecule has 6 heteroatoms. The van der Waals surface area contributed by atoms with Crippen LogP contribution in [-0.4, -0.2) is 43.1 Å².